The summed E-state index contributed by atoms with van der Waals surface area (Å²) in [6.45, 7) is 6.28. The van der Waals surface area contributed by atoms with E-state index in [1.165, 1.54) is 6.92 Å². The highest BCUT2D eigenvalue weighted by Gasteiger charge is 2.02. The first-order valence-electron chi connectivity index (χ1n) is 7.73. The third-order valence-corrected chi connectivity index (χ3v) is 3.02. The van der Waals surface area contributed by atoms with Gasteiger partial charge >= 0.3 is 0 Å². The van der Waals surface area contributed by atoms with Crippen LogP contribution in [0.3, 0.4) is 0 Å². The maximum Gasteiger partial charge on any atom is 0.155 e. The molecular weight excluding hydrogens is 290 g/mol. The zero-order valence-corrected chi connectivity index (χ0v) is 13.8. The molecule has 4 nitrogen and oxygen atoms in total. The first kappa shape index (κ1) is 17.0. The van der Waals surface area contributed by atoms with Crippen LogP contribution >= 0.6 is 0 Å². The van der Waals surface area contributed by atoms with E-state index in [1.54, 1.807) is 0 Å². The first-order chi connectivity index (χ1) is 11.0. The third kappa shape index (κ3) is 6.12. The molecular formula is C19H23NO3. The minimum Gasteiger partial charge on any atom is -0.457 e. The summed E-state index contributed by atoms with van der Waals surface area (Å²) < 4.78 is 11.2. The van der Waals surface area contributed by atoms with Crippen LogP contribution in [-0.2, 0) is 16.1 Å². The molecule has 0 fully saturated rings. The lowest BCUT2D eigenvalue weighted by atomic mass is 10.2. The number of hydrogen-bond acceptors (Lipinski definition) is 4. The fourth-order valence-corrected chi connectivity index (χ4v) is 2.09. The average Bonchev–Trinajstić information content (AvgIpc) is 2.48. The molecule has 0 aliphatic carbocycles. The second-order valence-corrected chi connectivity index (χ2v) is 5.77. The summed E-state index contributed by atoms with van der Waals surface area (Å²) >= 11 is 0. The molecule has 0 aliphatic rings. The number of anilines is 1. The summed E-state index contributed by atoms with van der Waals surface area (Å²) in [5.41, 5.74) is 2.04. The molecule has 0 atom stereocenters. The van der Waals surface area contributed by atoms with Crippen LogP contribution < -0.4 is 10.1 Å². The van der Waals surface area contributed by atoms with Gasteiger partial charge in [-0.25, -0.2) is 0 Å². The SMILES string of the molecule is CC(=O)COCc1ccc(Oc2cccc(NC(C)C)c2)cc1. The van der Waals surface area contributed by atoms with E-state index in [1.807, 2.05) is 48.5 Å². The highest BCUT2D eigenvalue weighted by molar-refractivity contribution is 5.76. The molecule has 0 unspecified atom stereocenters. The van der Waals surface area contributed by atoms with E-state index >= 15 is 0 Å². The molecule has 1 N–H and O–H groups in total. The second kappa shape index (κ2) is 8.34. The molecule has 0 saturated heterocycles. The quantitative estimate of drug-likeness (QED) is 0.784. The molecule has 0 amide bonds. The topological polar surface area (TPSA) is 47.6 Å². The van der Waals surface area contributed by atoms with Crippen molar-refractivity contribution >= 4 is 11.5 Å². The van der Waals surface area contributed by atoms with Crippen molar-refractivity contribution in [1.29, 1.82) is 0 Å². The van der Waals surface area contributed by atoms with Gasteiger partial charge in [0.1, 0.15) is 18.1 Å². The van der Waals surface area contributed by atoms with Crippen LogP contribution in [-0.4, -0.2) is 18.4 Å². The molecule has 0 spiro atoms. The van der Waals surface area contributed by atoms with Gasteiger partial charge < -0.3 is 14.8 Å². The highest BCUT2D eigenvalue weighted by Crippen LogP contribution is 2.24. The van der Waals surface area contributed by atoms with Crippen molar-refractivity contribution in [3.05, 3.63) is 54.1 Å². The molecule has 23 heavy (non-hydrogen) atoms. The molecule has 2 aromatic rings. The Kier molecular flexibility index (Phi) is 6.18. The van der Waals surface area contributed by atoms with Crippen molar-refractivity contribution in [1.82, 2.24) is 0 Å². The van der Waals surface area contributed by atoms with Crippen molar-refractivity contribution in [3.8, 4) is 11.5 Å². The summed E-state index contributed by atoms with van der Waals surface area (Å²) in [6.07, 6.45) is 0. The van der Waals surface area contributed by atoms with E-state index in [0.717, 1.165) is 22.7 Å². The maximum atomic E-state index is 10.8. The minimum atomic E-state index is 0.0276. The molecule has 0 bridgehead atoms. The van der Waals surface area contributed by atoms with E-state index in [0.29, 0.717) is 12.6 Å². The van der Waals surface area contributed by atoms with Crippen molar-refractivity contribution in [2.45, 2.75) is 33.4 Å². The van der Waals surface area contributed by atoms with Crippen LogP contribution in [0.4, 0.5) is 5.69 Å². The van der Waals surface area contributed by atoms with Gasteiger partial charge in [0.15, 0.2) is 5.78 Å². The Morgan fingerprint density at radius 3 is 2.48 bits per heavy atom. The van der Waals surface area contributed by atoms with Crippen molar-refractivity contribution in [3.63, 3.8) is 0 Å². The Bertz CT molecular complexity index is 635. The van der Waals surface area contributed by atoms with Crippen LogP contribution in [0, 0.1) is 0 Å². The Labute approximate surface area is 137 Å². The predicted molar refractivity (Wildman–Crippen MR) is 92.1 cm³/mol. The van der Waals surface area contributed by atoms with E-state index in [-0.39, 0.29) is 12.4 Å². The maximum absolute atomic E-state index is 10.8. The van der Waals surface area contributed by atoms with Crippen LogP contribution in [0.2, 0.25) is 0 Å². The second-order valence-electron chi connectivity index (χ2n) is 5.77. The Morgan fingerprint density at radius 2 is 1.83 bits per heavy atom. The number of ether oxygens (including phenoxy) is 2. The number of nitrogens with one attached hydrogen (secondary N) is 1. The van der Waals surface area contributed by atoms with Gasteiger partial charge in [0.25, 0.3) is 0 Å². The standard InChI is InChI=1S/C19H23NO3/c1-14(2)20-17-5-4-6-19(11-17)23-18-9-7-16(8-10-18)13-22-12-15(3)21/h4-11,14,20H,12-13H2,1-3H3. The minimum absolute atomic E-state index is 0.0276. The van der Waals surface area contributed by atoms with Gasteiger partial charge in [-0.3, -0.25) is 4.79 Å². The van der Waals surface area contributed by atoms with Crippen molar-refractivity contribution in [2.75, 3.05) is 11.9 Å². The van der Waals surface area contributed by atoms with E-state index in [9.17, 15) is 4.79 Å². The molecule has 0 radical (unpaired) electrons. The smallest absolute Gasteiger partial charge is 0.155 e. The van der Waals surface area contributed by atoms with Gasteiger partial charge in [-0.05, 0) is 50.6 Å². The zero-order valence-electron chi connectivity index (χ0n) is 13.8. The van der Waals surface area contributed by atoms with Crippen LogP contribution in [0.5, 0.6) is 11.5 Å². The first-order valence-corrected chi connectivity index (χ1v) is 7.73. The monoisotopic (exact) mass is 313 g/mol. The summed E-state index contributed by atoms with van der Waals surface area (Å²) in [5, 5.41) is 3.35. The number of rotatable bonds is 8. The Morgan fingerprint density at radius 1 is 1.09 bits per heavy atom. The number of carbonyl (C=O) groups is 1. The summed E-state index contributed by atoms with van der Waals surface area (Å²) in [4.78, 5) is 10.8. The Balaban J connectivity index is 1.94. The molecule has 122 valence electrons. The lowest BCUT2D eigenvalue weighted by molar-refractivity contribution is -0.121. The van der Waals surface area contributed by atoms with Crippen LogP contribution in [0.15, 0.2) is 48.5 Å². The van der Waals surface area contributed by atoms with Crippen molar-refractivity contribution in [2.24, 2.45) is 0 Å². The Hall–Kier alpha value is -2.33. The number of carbonyl (C=O) groups excluding carboxylic acids is 1. The lowest BCUT2D eigenvalue weighted by Gasteiger charge is -2.12. The van der Waals surface area contributed by atoms with E-state index < -0.39 is 0 Å². The van der Waals surface area contributed by atoms with Gasteiger partial charge in [-0.15, -0.1) is 0 Å². The molecule has 2 rings (SSSR count). The largest absolute Gasteiger partial charge is 0.457 e. The molecule has 0 aromatic heterocycles. The number of benzene rings is 2. The number of ketones is 1. The molecule has 2 aromatic carbocycles. The zero-order chi connectivity index (χ0) is 16.7. The molecule has 0 aliphatic heterocycles. The molecule has 0 heterocycles. The van der Waals surface area contributed by atoms with Gasteiger partial charge in [0.2, 0.25) is 0 Å². The van der Waals surface area contributed by atoms with Gasteiger partial charge in [-0.2, -0.15) is 0 Å². The summed E-state index contributed by atoms with van der Waals surface area (Å²) in [6, 6.07) is 15.9. The van der Waals surface area contributed by atoms with Crippen LogP contribution in [0.25, 0.3) is 0 Å². The molecule has 0 saturated carbocycles. The fourth-order valence-electron chi connectivity index (χ4n) is 2.09. The third-order valence-electron chi connectivity index (χ3n) is 3.02. The summed E-state index contributed by atoms with van der Waals surface area (Å²) in [5.74, 6) is 1.58. The normalized spacial score (nSPS) is 10.6. The van der Waals surface area contributed by atoms with Gasteiger partial charge in [0, 0.05) is 17.8 Å². The van der Waals surface area contributed by atoms with Crippen LogP contribution in [0.1, 0.15) is 26.3 Å². The fraction of sp³-hybridized carbons (Fsp3) is 0.316. The van der Waals surface area contributed by atoms with Crippen molar-refractivity contribution < 1.29 is 14.3 Å². The average molecular weight is 313 g/mol. The number of hydrogen-bond donors (Lipinski definition) is 1. The van der Waals surface area contributed by atoms with Gasteiger partial charge in [-0.1, -0.05) is 18.2 Å². The molecule has 4 heteroatoms. The predicted octanol–water partition coefficient (Wildman–Crippen LogP) is 4.40. The lowest BCUT2D eigenvalue weighted by Crippen LogP contribution is -2.09. The van der Waals surface area contributed by atoms with E-state index in [4.69, 9.17) is 9.47 Å². The number of Topliss-reactive ketones (excluding diaryl/α,β-unsaturated/α-hetero) is 1. The van der Waals surface area contributed by atoms with E-state index in [2.05, 4.69) is 19.2 Å². The highest BCUT2D eigenvalue weighted by atomic mass is 16.5. The summed E-state index contributed by atoms with van der Waals surface area (Å²) in [7, 11) is 0. The van der Waals surface area contributed by atoms with Gasteiger partial charge in [0.05, 0.1) is 6.61 Å².